The largest absolute Gasteiger partial charge is 0.379 e. The maximum atomic E-state index is 12.0. The Morgan fingerprint density at radius 1 is 1.24 bits per heavy atom. The van der Waals surface area contributed by atoms with Crippen molar-refractivity contribution in [3.8, 4) is 0 Å². The maximum absolute atomic E-state index is 12.0. The summed E-state index contributed by atoms with van der Waals surface area (Å²) in [6.07, 6.45) is 1.00. The Labute approximate surface area is 196 Å². The van der Waals surface area contributed by atoms with Crippen LogP contribution in [0.25, 0.3) is 0 Å². The van der Waals surface area contributed by atoms with Crippen molar-refractivity contribution in [3.05, 3.63) is 34.9 Å². The number of amides is 1. The molecule has 1 saturated heterocycles. The number of carbonyl (C=O) groups excluding carboxylic acids is 1. The highest BCUT2D eigenvalue weighted by Gasteiger charge is 2.12. The van der Waals surface area contributed by atoms with Gasteiger partial charge in [0.25, 0.3) is 0 Å². The van der Waals surface area contributed by atoms with Gasteiger partial charge >= 0.3 is 0 Å². The number of guanidine groups is 1. The van der Waals surface area contributed by atoms with Gasteiger partial charge in [0.15, 0.2) is 5.96 Å². The number of aliphatic imine (C=N–C) groups is 1. The first kappa shape index (κ1) is 25.9. The van der Waals surface area contributed by atoms with E-state index < -0.39 is 0 Å². The number of benzene rings is 1. The van der Waals surface area contributed by atoms with Crippen LogP contribution in [0.15, 0.2) is 29.3 Å². The summed E-state index contributed by atoms with van der Waals surface area (Å²) in [5.41, 5.74) is 1.02. The third-order valence-corrected chi connectivity index (χ3v) is 5.00. The average Bonchev–Trinajstić information content (AvgIpc) is 2.69. The van der Waals surface area contributed by atoms with Crippen molar-refractivity contribution < 1.29 is 9.53 Å². The number of nitrogens with zero attached hydrogens (tertiary/aromatic N) is 4. The van der Waals surface area contributed by atoms with E-state index in [1.165, 1.54) is 0 Å². The van der Waals surface area contributed by atoms with Gasteiger partial charge in [-0.15, -0.1) is 24.0 Å². The zero-order valence-electron chi connectivity index (χ0n) is 17.6. The number of rotatable bonds is 8. The van der Waals surface area contributed by atoms with E-state index in [0.29, 0.717) is 12.5 Å². The molecule has 1 amide bonds. The fourth-order valence-corrected chi connectivity index (χ4v) is 3.08. The zero-order valence-corrected chi connectivity index (χ0v) is 20.7. The van der Waals surface area contributed by atoms with Crippen molar-refractivity contribution in [2.75, 3.05) is 67.1 Å². The van der Waals surface area contributed by atoms with Crippen LogP contribution < -0.4 is 5.32 Å². The summed E-state index contributed by atoms with van der Waals surface area (Å²) in [5, 5.41) is 4.12. The minimum atomic E-state index is -0.0289. The highest BCUT2D eigenvalue weighted by Crippen LogP contribution is 2.16. The Bertz CT molecular complexity index is 654. The first-order valence-electron chi connectivity index (χ1n) is 9.70. The van der Waals surface area contributed by atoms with Crippen molar-refractivity contribution in [2.45, 2.75) is 13.0 Å². The zero-order chi connectivity index (χ0) is 20.4. The van der Waals surface area contributed by atoms with Crippen LogP contribution in [-0.2, 0) is 16.1 Å². The highest BCUT2D eigenvalue weighted by molar-refractivity contribution is 14.0. The molecule has 0 saturated carbocycles. The number of likely N-dealkylation sites (N-methyl/N-ethyl adjacent to an activating group) is 1. The van der Waals surface area contributed by atoms with Crippen LogP contribution in [0.3, 0.4) is 0 Å². The third-order valence-electron chi connectivity index (χ3n) is 4.63. The van der Waals surface area contributed by atoms with Crippen molar-refractivity contribution in [1.82, 2.24) is 20.0 Å². The monoisotopic (exact) mass is 537 g/mol. The molecule has 0 aliphatic carbocycles. The Balaban J connectivity index is 0.00000420. The van der Waals surface area contributed by atoms with E-state index >= 15 is 0 Å². The van der Waals surface area contributed by atoms with E-state index in [-0.39, 0.29) is 36.4 Å². The van der Waals surface area contributed by atoms with Gasteiger partial charge in [0.1, 0.15) is 6.54 Å². The summed E-state index contributed by atoms with van der Waals surface area (Å²) in [6.45, 7) is 6.15. The van der Waals surface area contributed by atoms with Gasteiger partial charge in [-0.1, -0.05) is 29.8 Å². The van der Waals surface area contributed by atoms with Crippen LogP contribution in [0.5, 0.6) is 0 Å². The molecule has 164 valence electrons. The smallest absolute Gasteiger partial charge is 0.243 e. The molecular weight excluding hydrogens is 505 g/mol. The number of morpholine rings is 1. The van der Waals surface area contributed by atoms with E-state index in [1.807, 2.05) is 36.2 Å². The lowest BCUT2D eigenvalue weighted by Gasteiger charge is -2.27. The molecule has 1 aliphatic heterocycles. The van der Waals surface area contributed by atoms with Gasteiger partial charge in [-0.05, 0) is 24.6 Å². The van der Waals surface area contributed by atoms with Gasteiger partial charge in [0.05, 0.1) is 13.2 Å². The van der Waals surface area contributed by atoms with Crippen molar-refractivity contribution in [1.29, 1.82) is 0 Å². The minimum absolute atomic E-state index is 0. The fraction of sp³-hybridized carbons (Fsp3) is 0.600. The molecule has 9 heteroatoms. The van der Waals surface area contributed by atoms with Crippen LogP contribution in [0, 0.1) is 0 Å². The normalized spacial score (nSPS) is 14.8. The van der Waals surface area contributed by atoms with Crippen LogP contribution in [0.2, 0.25) is 5.02 Å². The maximum Gasteiger partial charge on any atom is 0.243 e. The van der Waals surface area contributed by atoms with Gasteiger partial charge in [-0.3, -0.25) is 9.69 Å². The number of halogens is 2. The SMILES string of the molecule is CN(C)C(=O)CN=C(NCCCN1CCOCC1)N(C)Cc1ccccc1Cl.I. The quantitative estimate of drug-likeness (QED) is 0.238. The Hall–Kier alpha value is -1.10. The standard InChI is InChI=1S/C20H32ClN5O2.HI/c1-24(2)19(27)15-23-20(22-9-6-10-26-11-13-28-14-12-26)25(3)16-17-7-4-5-8-18(17)21;/h4-5,7-8H,6,9-16H2,1-3H3,(H,22,23);1H. The minimum Gasteiger partial charge on any atom is -0.379 e. The van der Waals surface area contributed by atoms with Crippen LogP contribution >= 0.6 is 35.6 Å². The van der Waals surface area contributed by atoms with Gasteiger partial charge in [0.2, 0.25) is 5.91 Å². The number of ether oxygens (including phenoxy) is 1. The topological polar surface area (TPSA) is 60.4 Å². The Morgan fingerprint density at radius 2 is 1.93 bits per heavy atom. The second kappa shape index (κ2) is 14.0. The summed E-state index contributed by atoms with van der Waals surface area (Å²) in [6, 6.07) is 7.77. The van der Waals surface area contributed by atoms with Gasteiger partial charge in [0, 0.05) is 52.3 Å². The molecular formula is C20H33ClIN5O2. The summed E-state index contributed by atoms with van der Waals surface area (Å²) >= 11 is 6.29. The number of hydrogen-bond acceptors (Lipinski definition) is 4. The van der Waals surface area contributed by atoms with E-state index in [0.717, 1.165) is 56.4 Å². The van der Waals surface area contributed by atoms with Gasteiger partial charge in [-0.25, -0.2) is 4.99 Å². The number of hydrogen-bond donors (Lipinski definition) is 1. The highest BCUT2D eigenvalue weighted by atomic mass is 127. The lowest BCUT2D eigenvalue weighted by molar-refractivity contribution is -0.127. The molecule has 0 unspecified atom stereocenters. The van der Waals surface area contributed by atoms with E-state index in [1.54, 1.807) is 19.0 Å². The van der Waals surface area contributed by atoms with Crippen LogP contribution in [0.4, 0.5) is 0 Å². The molecule has 0 atom stereocenters. The molecule has 0 bridgehead atoms. The molecule has 0 aromatic heterocycles. The fourth-order valence-electron chi connectivity index (χ4n) is 2.88. The summed E-state index contributed by atoms with van der Waals surface area (Å²) in [5.74, 6) is 0.677. The molecule has 1 aliphatic rings. The third kappa shape index (κ3) is 9.50. The molecule has 0 radical (unpaired) electrons. The molecule has 0 spiro atoms. The van der Waals surface area contributed by atoms with Gasteiger partial charge in [-0.2, -0.15) is 0 Å². The predicted octanol–water partition coefficient (Wildman–Crippen LogP) is 2.15. The summed E-state index contributed by atoms with van der Waals surface area (Å²) in [4.78, 5) is 22.4. The van der Waals surface area contributed by atoms with Gasteiger partial charge < -0.3 is 19.9 Å². The lowest BCUT2D eigenvalue weighted by atomic mass is 10.2. The lowest BCUT2D eigenvalue weighted by Crippen LogP contribution is -2.42. The summed E-state index contributed by atoms with van der Waals surface area (Å²) < 4.78 is 5.39. The second-order valence-electron chi connectivity index (χ2n) is 7.11. The van der Waals surface area contributed by atoms with E-state index in [9.17, 15) is 4.79 Å². The number of carbonyl (C=O) groups is 1. The summed E-state index contributed by atoms with van der Waals surface area (Å²) in [7, 11) is 5.43. The van der Waals surface area contributed by atoms with Crippen LogP contribution in [0.1, 0.15) is 12.0 Å². The number of nitrogens with one attached hydrogen (secondary N) is 1. The molecule has 1 fully saturated rings. The Morgan fingerprint density at radius 3 is 2.59 bits per heavy atom. The molecule has 7 nitrogen and oxygen atoms in total. The molecule has 29 heavy (non-hydrogen) atoms. The average molecular weight is 538 g/mol. The molecule has 2 rings (SSSR count). The Kier molecular flexibility index (Phi) is 12.5. The molecule has 1 aromatic carbocycles. The van der Waals surface area contributed by atoms with Crippen molar-refractivity contribution in [2.24, 2.45) is 4.99 Å². The molecule has 1 N–H and O–H groups in total. The molecule has 1 heterocycles. The first-order valence-corrected chi connectivity index (χ1v) is 10.1. The van der Waals surface area contributed by atoms with Crippen LogP contribution in [-0.4, -0.2) is 93.6 Å². The van der Waals surface area contributed by atoms with Crippen molar-refractivity contribution in [3.63, 3.8) is 0 Å². The van der Waals surface area contributed by atoms with E-state index in [2.05, 4.69) is 15.2 Å². The predicted molar refractivity (Wildman–Crippen MR) is 129 cm³/mol. The van der Waals surface area contributed by atoms with E-state index in [4.69, 9.17) is 16.3 Å². The second-order valence-corrected chi connectivity index (χ2v) is 7.52. The first-order chi connectivity index (χ1) is 13.5. The molecule has 1 aromatic rings. The van der Waals surface area contributed by atoms with Crippen molar-refractivity contribution >= 4 is 47.4 Å².